The Kier molecular flexibility index (Phi) is 4.60. The van der Waals surface area contributed by atoms with Gasteiger partial charge in [-0.1, -0.05) is 12.1 Å². The molecule has 0 N–H and O–H groups in total. The minimum Gasteiger partial charge on any atom is -0.484 e. The first-order valence-electron chi connectivity index (χ1n) is 7.92. The van der Waals surface area contributed by atoms with E-state index in [0.29, 0.717) is 23.1 Å². The third-order valence-corrected chi connectivity index (χ3v) is 3.99. The zero-order chi connectivity index (χ0) is 16.2. The monoisotopic (exact) mass is 315 g/mol. The number of piperidine rings is 1. The van der Waals surface area contributed by atoms with Crippen molar-refractivity contribution in [2.45, 2.75) is 33.3 Å². The molecule has 1 saturated heterocycles. The van der Waals surface area contributed by atoms with E-state index >= 15 is 0 Å². The van der Waals surface area contributed by atoms with E-state index in [2.05, 4.69) is 17.1 Å². The molecule has 6 heteroatoms. The van der Waals surface area contributed by atoms with Crippen LogP contribution in [0.15, 0.2) is 28.9 Å². The number of aromatic nitrogens is 2. The summed E-state index contributed by atoms with van der Waals surface area (Å²) in [6.45, 7) is 5.88. The van der Waals surface area contributed by atoms with Gasteiger partial charge in [-0.05, 0) is 37.8 Å². The maximum absolute atomic E-state index is 12.4. The second-order valence-corrected chi connectivity index (χ2v) is 6.10. The average molecular weight is 315 g/mol. The maximum atomic E-state index is 12.4. The van der Waals surface area contributed by atoms with Gasteiger partial charge in [0.05, 0.1) is 6.20 Å². The number of aryl methyl sites for hydroxylation is 1. The van der Waals surface area contributed by atoms with E-state index in [-0.39, 0.29) is 12.5 Å². The van der Waals surface area contributed by atoms with E-state index in [4.69, 9.17) is 9.26 Å². The molecular formula is C17H21N3O3. The fourth-order valence-corrected chi connectivity index (χ4v) is 2.71. The Labute approximate surface area is 135 Å². The van der Waals surface area contributed by atoms with Crippen molar-refractivity contribution in [3.05, 3.63) is 41.5 Å². The fourth-order valence-electron chi connectivity index (χ4n) is 2.71. The average Bonchev–Trinajstić information content (AvgIpc) is 3.02. The predicted molar refractivity (Wildman–Crippen MR) is 84.1 cm³/mol. The van der Waals surface area contributed by atoms with Gasteiger partial charge in [-0.15, -0.1) is 0 Å². The van der Waals surface area contributed by atoms with E-state index in [1.54, 1.807) is 12.3 Å². The van der Waals surface area contributed by atoms with Crippen LogP contribution in [0.5, 0.6) is 5.75 Å². The zero-order valence-corrected chi connectivity index (χ0v) is 13.5. The van der Waals surface area contributed by atoms with Crippen molar-refractivity contribution in [2.24, 2.45) is 5.92 Å². The highest BCUT2D eigenvalue weighted by Crippen LogP contribution is 2.18. The minimum atomic E-state index is -0.0662. The van der Waals surface area contributed by atoms with E-state index in [1.165, 1.54) is 6.42 Å². The normalized spacial score (nSPS) is 18.0. The first-order chi connectivity index (χ1) is 11.1. The molecule has 1 atom stereocenters. The highest BCUT2D eigenvalue weighted by Gasteiger charge is 2.24. The van der Waals surface area contributed by atoms with Gasteiger partial charge in [0.2, 0.25) is 0 Å². The van der Waals surface area contributed by atoms with Crippen molar-refractivity contribution in [2.75, 3.05) is 13.1 Å². The van der Waals surface area contributed by atoms with Gasteiger partial charge in [0.1, 0.15) is 12.4 Å². The highest BCUT2D eigenvalue weighted by atomic mass is 16.5. The lowest BCUT2D eigenvalue weighted by Gasteiger charge is -2.30. The topological polar surface area (TPSA) is 68.5 Å². The van der Waals surface area contributed by atoms with Gasteiger partial charge in [0.25, 0.3) is 5.91 Å². The SMILES string of the molecule is Cc1ccc(OCc2cc(C(=O)N3CCC[C@H](C)C3)no2)cn1. The molecule has 0 spiro atoms. The first kappa shape index (κ1) is 15.5. The standard InChI is InChI=1S/C17H21N3O3/c1-12-4-3-7-20(10-12)17(21)16-8-15(23-19-16)11-22-14-6-5-13(2)18-9-14/h5-6,8-9,12H,3-4,7,10-11H2,1-2H3/t12-/m0/s1. The second-order valence-electron chi connectivity index (χ2n) is 6.10. The lowest BCUT2D eigenvalue weighted by molar-refractivity contribution is 0.0672. The molecule has 3 rings (SSSR count). The van der Waals surface area contributed by atoms with Crippen molar-refractivity contribution in [3.63, 3.8) is 0 Å². The van der Waals surface area contributed by atoms with Crippen molar-refractivity contribution in [1.29, 1.82) is 0 Å². The lowest BCUT2D eigenvalue weighted by Crippen LogP contribution is -2.39. The Balaban J connectivity index is 1.59. The number of carbonyl (C=O) groups excluding carboxylic acids is 1. The number of carbonyl (C=O) groups is 1. The molecule has 2 aromatic rings. The van der Waals surface area contributed by atoms with Crippen LogP contribution in [0.25, 0.3) is 0 Å². The summed E-state index contributed by atoms with van der Waals surface area (Å²) in [4.78, 5) is 18.4. The second kappa shape index (κ2) is 6.81. The van der Waals surface area contributed by atoms with Crippen molar-refractivity contribution in [1.82, 2.24) is 15.0 Å². The quantitative estimate of drug-likeness (QED) is 0.868. The van der Waals surface area contributed by atoms with E-state index in [9.17, 15) is 4.79 Å². The molecule has 0 aromatic carbocycles. The number of rotatable bonds is 4. The molecule has 0 unspecified atom stereocenters. The molecule has 2 aromatic heterocycles. The Bertz CT molecular complexity index is 666. The molecule has 6 nitrogen and oxygen atoms in total. The van der Waals surface area contributed by atoms with Crippen LogP contribution in [0.4, 0.5) is 0 Å². The molecule has 1 aliphatic heterocycles. The molecule has 0 aliphatic carbocycles. The molecule has 0 bridgehead atoms. The third kappa shape index (κ3) is 3.88. The molecule has 122 valence electrons. The Morgan fingerprint density at radius 1 is 1.48 bits per heavy atom. The number of hydrogen-bond acceptors (Lipinski definition) is 5. The molecule has 1 aliphatic rings. The zero-order valence-electron chi connectivity index (χ0n) is 13.5. The summed E-state index contributed by atoms with van der Waals surface area (Å²) in [5.74, 6) is 1.66. The number of pyridine rings is 1. The van der Waals surface area contributed by atoms with E-state index in [1.807, 2.05) is 24.0 Å². The maximum Gasteiger partial charge on any atom is 0.276 e. The lowest BCUT2D eigenvalue weighted by atomic mass is 10.00. The fraction of sp³-hybridized carbons (Fsp3) is 0.471. The summed E-state index contributed by atoms with van der Waals surface area (Å²) in [6.07, 6.45) is 3.88. The summed E-state index contributed by atoms with van der Waals surface area (Å²) in [5.41, 5.74) is 1.28. The van der Waals surface area contributed by atoms with Crippen LogP contribution < -0.4 is 4.74 Å². The van der Waals surface area contributed by atoms with Crippen LogP contribution in [0, 0.1) is 12.8 Å². The molecule has 0 saturated carbocycles. The molecule has 23 heavy (non-hydrogen) atoms. The van der Waals surface area contributed by atoms with Crippen LogP contribution in [0.1, 0.15) is 41.7 Å². The van der Waals surface area contributed by atoms with Crippen molar-refractivity contribution in [3.8, 4) is 5.75 Å². The largest absolute Gasteiger partial charge is 0.484 e. The van der Waals surface area contributed by atoms with E-state index < -0.39 is 0 Å². The third-order valence-electron chi connectivity index (χ3n) is 3.99. The number of nitrogens with zero attached hydrogens (tertiary/aromatic N) is 3. The first-order valence-corrected chi connectivity index (χ1v) is 7.92. The molecule has 0 radical (unpaired) electrons. The summed E-state index contributed by atoms with van der Waals surface area (Å²) >= 11 is 0. The molecule has 1 amide bonds. The van der Waals surface area contributed by atoms with Crippen LogP contribution in [0.3, 0.4) is 0 Å². The summed E-state index contributed by atoms with van der Waals surface area (Å²) in [7, 11) is 0. The Morgan fingerprint density at radius 2 is 2.35 bits per heavy atom. The van der Waals surface area contributed by atoms with Crippen molar-refractivity contribution < 1.29 is 14.1 Å². The number of likely N-dealkylation sites (tertiary alicyclic amines) is 1. The Morgan fingerprint density at radius 3 is 3.09 bits per heavy atom. The van der Waals surface area contributed by atoms with Gasteiger partial charge in [0.15, 0.2) is 11.5 Å². The predicted octanol–water partition coefficient (Wildman–Crippen LogP) is 2.83. The molecule has 3 heterocycles. The molecule has 1 fully saturated rings. The van der Waals surface area contributed by atoms with Gasteiger partial charge < -0.3 is 14.2 Å². The summed E-state index contributed by atoms with van der Waals surface area (Å²) < 4.78 is 10.8. The van der Waals surface area contributed by atoms with Crippen molar-refractivity contribution >= 4 is 5.91 Å². The minimum absolute atomic E-state index is 0.0662. The molecular weight excluding hydrogens is 294 g/mol. The smallest absolute Gasteiger partial charge is 0.276 e. The Hall–Kier alpha value is -2.37. The van der Waals surface area contributed by atoms with E-state index in [0.717, 1.165) is 25.2 Å². The number of ether oxygens (including phenoxy) is 1. The van der Waals surface area contributed by atoms with Crippen LogP contribution in [0.2, 0.25) is 0 Å². The van der Waals surface area contributed by atoms with Gasteiger partial charge >= 0.3 is 0 Å². The summed E-state index contributed by atoms with van der Waals surface area (Å²) in [6, 6.07) is 5.38. The van der Waals surface area contributed by atoms with Gasteiger partial charge in [-0.3, -0.25) is 9.78 Å². The summed E-state index contributed by atoms with van der Waals surface area (Å²) in [5, 5.41) is 3.88. The van der Waals surface area contributed by atoms with Gasteiger partial charge in [0, 0.05) is 24.8 Å². The van der Waals surface area contributed by atoms with Crippen LogP contribution >= 0.6 is 0 Å². The number of hydrogen-bond donors (Lipinski definition) is 0. The highest BCUT2D eigenvalue weighted by molar-refractivity contribution is 5.92. The van der Waals surface area contributed by atoms with Gasteiger partial charge in [-0.2, -0.15) is 0 Å². The van der Waals surface area contributed by atoms with Crippen LogP contribution in [-0.4, -0.2) is 34.0 Å². The van der Waals surface area contributed by atoms with Crippen LogP contribution in [-0.2, 0) is 6.61 Å². The number of amides is 1. The van der Waals surface area contributed by atoms with Gasteiger partial charge in [-0.25, -0.2) is 0 Å².